The van der Waals surface area contributed by atoms with Gasteiger partial charge in [-0.05, 0) is 32.0 Å². The summed E-state index contributed by atoms with van der Waals surface area (Å²) in [6.07, 6.45) is -0.755. The number of furan rings is 1. The molecule has 0 unspecified atom stereocenters. The van der Waals surface area contributed by atoms with Gasteiger partial charge in [0.25, 0.3) is 5.91 Å². The first kappa shape index (κ1) is 14.1. The second kappa shape index (κ2) is 5.77. The monoisotopic (exact) mass is 299 g/mol. The molecule has 0 radical (unpaired) electrons. The Labute approximate surface area is 120 Å². The molecular formula is C13H14ClNO3S. The summed E-state index contributed by atoms with van der Waals surface area (Å²) < 4.78 is 5.90. The summed E-state index contributed by atoms with van der Waals surface area (Å²) in [6, 6.07) is 5.15. The van der Waals surface area contributed by atoms with Crippen LogP contribution in [0.2, 0.25) is 4.34 Å². The highest BCUT2D eigenvalue weighted by molar-refractivity contribution is 7.16. The van der Waals surface area contributed by atoms with Crippen molar-refractivity contribution in [2.24, 2.45) is 0 Å². The van der Waals surface area contributed by atoms with Gasteiger partial charge < -0.3 is 14.8 Å². The Bertz CT molecular complexity index is 590. The molecule has 0 aromatic carbocycles. The van der Waals surface area contributed by atoms with Crippen molar-refractivity contribution in [1.29, 1.82) is 0 Å². The van der Waals surface area contributed by atoms with Gasteiger partial charge in [-0.2, -0.15) is 0 Å². The molecule has 6 heteroatoms. The maximum atomic E-state index is 11.9. The van der Waals surface area contributed by atoms with Crippen molar-refractivity contribution in [2.45, 2.75) is 20.0 Å². The molecule has 102 valence electrons. The molecule has 0 aliphatic heterocycles. The highest BCUT2D eigenvalue weighted by atomic mass is 35.5. The van der Waals surface area contributed by atoms with E-state index < -0.39 is 6.10 Å². The lowest BCUT2D eigenvalue weighted by Crippen LogP contribution is -2.28. The van der Waals surface area contributed by atoms with Crippen LogP contribution in [0.25, 0.3) is 0 Å². The minimum absolute atomic E-state index is 0.138. The molecule has 1 atom stereocenters. The summed E-state index contributed by atoms with van der Waals surface area (Å²) >= 11 is 7.09. The van der Waals surface area contributed by atoms with E-state index in [0.29, 0.717) is 21.4 Å². The van der Waals surface area contributed by atoms with Crippen molar-refractivity contribution in [3.05, 3.63) is 44.5 Å². The molecule has 1 amide bonds. The number of hydrogen-bond acceptors (Lipinski definition) is 4. The lowest BCUT2D eigenvalue weighted by atomic mass is 10.2. The number of thiophene rings is 1. The predicted molar refractivity (Wildman–Crippen MR) is 74.8 cm³/mol. The molecule has 0 fully saturated rings. The van der Waals surface area contributed by atoms with Crippen molar-refractivity contribution in [3.8, 4) is 0 Å². The molecule has 19 heavy (non-hydrogen) atoms. The summed E-state index contributed by atoms with van der Waals surface area (Å²) in [5.74, 6) is 1.01. The second-order valence-electron chi connectivity index (χ2n) is 4.19. The van der Waals surface area contributed by atoms with Gasteiger partial charge in [0.15, 0.2) is 0 Å². The molecule has 2 aromatic heterocycles. The SMILES string of the molecule is Cc1cc(C(=O)NC[C@@H](O)c2ccc(Cl)s2)c(C)o1. The number of aryl methyl sites for hydroxylation is 2. The highest BCUT2D eigenvalue weighted by Gasteiger charge is 2.16. The van der Waals surface area contributed by atoms with E-state index in [2.05, 4.69) is 5.32 Å². The summed E-state index contributed by atoms with van der Waals surface area (Å²) in [5.41, 5.74) is 0.494. The zero-order chi connectivity index (χ0) is 14.0. The third kappa shape index (κ3) is 3.37. The fourth-order valence-electron chi connectivity index (χ4n) is 1.75. The smallest absolute Gasteiger partial charge is 0.254 e. The largest absolute Gasteiger partial charge is 0.466 e. The number of amides is 1. The maximum absolute atomic E-state index is 11.9. The Hall–Kier alpha value is -1.30. The van der Waals surface area contributed by atoms with Crippen LogP contribution in [-0.4, -0.2) is 17.6 Å². The second-order valence-corrected chi connectivity index (χ2v) is 5.94. The molecule has 0 bridgehead atoms. The molecule has 4 nitrogen and oxygen atoms in total. The Morgan fingerprint density at radius 2 is 2.26 bits per heavy atom. The molecule has 0 aliphatic rings. The Balaban J connectivity index is 1.95. The van der Waals surface area contributed by atoms with E-state index in [1.807, 2.05) is 0 Å². The van der Waals surface area contributed by atoms with Crippen LogP contribution < -0.4 is 5.32 Å². The summed E-state index contributed by atoms with van der Waals surface area (Å²) in [7, 11) is 0. The van der Waals surface area contributed by atoms with E-state index in [0.717, 1.165) is 4.88 Å². The number of nitrogens with one attached hydrogen (secondary N) is 1. The van der Waals surface area contributed by atoms with Crippen LogP contribution in [0.4, 0.5) is 0 Å². The first-order chi connectivity index (χ1) is 8.97. The van der Waals surface area contributed by atoms with E-state index in [-0.39, 0.29) is 12.5 Å². The van der Waals surface area contributed by atoms with E-state index in [4.69, 9.17) is 16.0 Å². The van der Waals surface area contributed by atoms with Gasteiger partial charge in [0, 0.05) is 11.4 Å². The van der Waals surface area contributed by atoms with Gasteiger partial charge in [0.05, 0.1) is 9.90 Å². The number of rotatable bonds is 4. The lowest BCUT2D eigenvalue weighted by molar-refractivity contribution is 0.0916. The summed E-state index contributed by atoms with van der Waals surface area (Å²) in [6.45, 7) is 3.66. The van der Waals surface area contributed by atoms with Crippen molar-refractivity contribution in [2.75, 3.05) is 6.54 Å². The van der Waals surface area contributed by atoms with Gasteiger partial charge in [-0.25, -0.2) is 0 Å². The van der Waals surface area contributed by atoms with Crippen LogP contribution >= 0.6 is 22.9 Å². The molecule has 2 rings (SSSR count). The van der Waals surface area contributed by atoms with Crippen molar-refractivity contribution < 1.29 is 14.3 Å². The minimum Gasteiger partial charge on any atom is -0.466 e. The first-order valence-electron chi connectivity index (χ1n) is 5.76. The van der Waals surface area contributed by atoms with Gasteiger partial charge in [-0.15, -0.1) is 11.3 Å². The lowest BCUT2D eigenvalue weighted by Gasteiger charge is -2.09. The normalized spacial score (nSPS) is 12.4. The predicted octanol–water partition coefficient (Wildman–Crippen LogP) is 3.07. The quantitative estimate of drug-likeness (QED) is 0.912. The first-order valence-corrected chi connectivity index (χ1v) is 6.95. The summed E-state index contributed by atoms with van der Waals surface area (Å²) in [5, 5.41) is 12.6. The van der Waals surface area contributed by atoms with Gasteiger partial charge in [-0.3, -0.25) is 4.79 Å². The van der Waals surface area contributed by atoms with Gasteiger partial charge in [-0.1, -0.05) is 11.6 Å². The third-order valence-corrected chi connectivity index (χ3v) is 4.00. The van der Waals surface area contributed by atoms with E-state index >= 15 is 0 Å². The third-order valence-electron chi connectivity index (χ3n) is 2.66. The minimum atomic E-state index is -0.755. The average molecular weight is 300 g/mol. The molecule has 0 aliphatic carbocycles. The summed E-state index contributed by atoms with van der Waals surface area (Å²) in [4.78, 5) is 12.6. The number of aliphatic hydroxyl groups is 1. The van der Waals surface area contributed by atoms with E-state index in [9.17, 15) is 9.90 Å². The molecule has 0 saturated carbocycles. The van der Waals surface area contributed by atoms with E-state index in [1.54, 1.807) is 32.0 Å². The van der Waals surface area contributed by atoms with Crippen molar-refractivity contribution in [1.82, 2.24) is 5.32 Å². The zero-order valence-electron chi connectivity index (χ0n) is 10.6. The number of hydrogen-bond donors (Lipinski definition) is 2. The van der Waals surface area contributed by atoms with Crippen molar-refractivity contribution >= 4 is 28.8 Å². The molecule has 2 N–H and O–H groups in total. The van der Waals surface area contributed by atoms with Gasteiger partial charge in [0.1, 0.15) is 17.6 Å². The van der Waals surface area contributed by atoms with Gasteiger partial charge in [0.2, 0.25) is 0 Å². The standard InChI is InChI=1S/C13H14ClNO3S/c1-7-5-9(8(2)18-7)13(17)15-6-10(16)11-3-4-12(14)19-11/h3-5,10,16H,6H2,1-2H3,(H,15,17)/t10-/m1/s1. The Kier molecular flexibility index (Phi) is 4.29. The van der Waals surface area contributed by atoms with Crippen LogP contribution in [0.3, 0.4) is 0 Å². The fraction of sp³-hybridized carbons (Fsp3) is 0.308. The Morgan fingerprint density at radius 3 is 2.79 bits per heavy atom. The number of carbonyl (C=O) groups excluding carboxylic acids is 1. The number of aliphatic hydroxyl groups excluding tert-OH is 1. The van der Waals surface area contributed by atoms with Crippen molar-refractivity contribution in [3.63, 3.8) is 0 Å². The highest BCUT2D eigenvalue weighted by Crippen LogP contribution is 2.26. The zero-order valence-corrected chi connectivity index (χ0v) is 12.1. The number of carbonyl (C=O) groups is 1. The van der Waals surface area contributed by atoms with E-state index in [1.165, 1.54) is 11.3 Å². The van der Waals surface area contributed by atoms with Gasteiger partial charge >= 0.3 is 0 Å². The average Bonchev–Trinajstić information content (AvgIpc) is 2.92. The molecule has 2 aromatic rings. The van der Waals surface area contributed by atoms with Crippen LogP contribution in [0.15, 0.2) is 22.6 Å². The maximum Gasteiger partial charge on any atom is 0.254 e. The van der Waals surface area contributed by atoms with Crippen LogP contribution in [0, 0.1) is 13.8 Å². The molecule has 0 spiro atoms. The fourth-order valence-corrected chi connectivity index (χ4v) is 2.80. The topological polar surface area (TPSA) is 62.5 Å². The number of halogens is 1. The molecule has 0 saturated heterocycles. The van der Waals surface area contributed by atoms with Crippen LogP contribution in [0.5, 0.6) is 0 Å². The van der Waals surface area contributed by atoms with Crippen LogP contribution in [0.1, 0.15) is 32.9 Å². The molecule has 2 heterocycles. The molecular weight excluding hydrogens is 286 g/mol. The van der Waals surface area contributed by atoms with Crippen LogP contribution in [-0.2, 0) is 0 Å². The Morgan fingerprint density at radius 1 is 1.53 bits per heavy atom.